The van der Waals surface area contributed by atoms with Gasteiger partial charge in [-0.3, -0.25) is 9.58 Å². The van der Waals surface area contributed by atoms with Crippen molar-refractivity contribution in [2.45, 2.75) is 90.4 Å². The summed E-state index contributed by atoms with van der Waals surface area (Å²) < 4.78 is 38.5. The highest BCUT2D eigenvalue weighted by Gasteiger charge is 2.32. The number of hydrogen-bond donors (Lipinski definition) is 0. The lowest BCUT2D eigenvalue weighted by molar-refractivity contribution is -0.148. The fourth-order valence-electron chi connectivity index (χ4n) is 4.34. The number of piperidine rings is 1. The molecule has 2 unspecified atom stereocenters. The molecule has 1 aromatic heterocycles. The van der Waals surface area contributed by atoms with Crippen LogP contribution in [0.4, 0.5) is 13.2 Å². The summed E-state index contributed by atoms with van der Waals surface area (Å²) >= 11 is 0. The van der Waals surface area contributed by atoms with Crippen molar-refractivity contribution in [3.63, 3.8) is 0 Å². The van der Waals surface area contributed by atoms with Crippen LogP contribution in [0.15, 0.2) is 12.4 Å². The molecule has 0 spiro atoms. The standard InChI is InChI=1S/C14H25N3.C12H18F3N/c1-14(2,3)11-9-15-17(10-11)13-7-6-12(8-13)16(4)5;1-10(2)3-4-11-5-7-16(8-6-11)9-12(13,14)15/h9-10,12-13H,6-8H2,1-5H3;10-11H,5-9H2,1-2H3. The summed E-state index contributed by atoms with van der Waals surface area (Å²) in [5.74, 6) is 6.86. The van der Waals surface area contributed by atoms with E-state index in [0.717, 1.165) is 18.9 Å². The van der Waals surface area contributed by atoms with E-state index in [9.17, 15) is 13.2 Å². The first-order valence-corrected chi connectivity index (χ1v) is 12.3. The van der Waals surface area contributed by atoms with Gasteiger partial charge in [0.05, 0.1) is 18.8 Å². The van der Waals surface area contributed by atoms with Crippen molar-refractivity contribution in [3.8, 4) is 11.8 Å². The smallest absolute Gasteiger partial charge is 0.306 e. The summed E-state index contributed by atoms with van der Waals surface area (Å²) in [6.45, 7) is 11.0. The van der Waals surface area contributed by atoms with Crippen molar-refractivity contribution in [1.82, 2.24) is 19.6 Å². The SMILES string of the molecule is CC(C)C#CC1CCN(CC(F)(F)F)CC1.CN(C)C1CCC(n2cc(C(C)(C)C)cn2)C1. The van der Waals surface area contributed by atoms with Crippen molar-refractivity contribution >= 4 is 0 Å². The second-order valence-electron chi connectivity index (χ2n) is 11.2. The molecule has 2 atom stereocenters. The topological polar surface area (TPSA) is 24.3 Å². The second-order valence-corrected chi connectivity index (χ2v) is 11.2. The Bertz CT molecular complexity index is 772. The molecule has 4 nitrogen and oxygen atoms in total. The first-order chi connectivity index (χ1) is 15.2. The van der Waals surface area contributed by atoms with E-state index in [1.54, 1.807) is 0 Å². The summed E-state index contributed by atoms with van der Waals surface area (Å²) in [6, 6.07) is 1.32. The molecular formula is C26H43F3N4. The first kappa shape index (κ1) is 27.7. The molecular weight excluding hydrogens is 425 g/mol. The van der Waals surface area contributed by atoms with Crippen LogP contribution in [0.3, 0.4) is 0 Å². The van der Waals surface area contributed by atoms with Crippen molar-refractivity contribution in [1.29, 1.82) is 0 Å². The minimum Gasteiger partial charge on any atom is -0.306 e. The van der Waals surface area contributed by atoms with Crippen molar-refractivity contribution in [2.75, 3.05) is 33.7 Å². The van der Waals surface area contributed by atoms with Gasteiger partial charge in [-0.25, -0.2) is 0 Å². The number of rotatable bonds is 3. The zero-order chi connectivity index (χ0) is 24.8. The van der Waals surface area contributed by atoms with E-state index >= 15 is 0 Å². The molecule has 0 radical (unpaired) electrons. The number of halogens is 3. The summed E-state index contributed by atoms with van der Waals surface area (Å²) in [5.41, 5.74) is 1.54. The third-order valence-electron chi connectivity index (χ3n) is 6.52. The molecule has 1 aliphatic carbocycles. The lowest BCUT2D eigenvalue weighted by atomic mass is 9.90. The fraction of sp³-hybridized carbons (Fsp3) is 0.808. The van der Waals surface area contributed by atoms with Gasteiger partial charge in [-0.15, -0.1) is 5.92 Å². The van der Waals surface area contributed by atoms with Gasteiger partial charge in [0.1, 0.15) is 0 Å². The molecule has 188 valence electrons. The predicted octanol–water partition coefficient (Wildman–Crippen LogP) is 5.76. The van der Waals surface area contributed by atoms with Gasteiger partial charge in [-0.1, -0.05) is 40.5 Å². The van der Waals surface area contributed by atoms with Gasteiger partial charge in [0.2, 0.25) is 0 Å². The van der Waals surface area contributed by atoms with Crippen LogP contribution in [-0.4, -0.2) is 65.5 Å². The molecule has 2 aliphatic rings. The zero-order valence-electron chi connectivity index (χ0n) is 21.5. The highest BCUT2D eigenvalue weighted by Crippen LogP contribution is 2.33. The molecule has 2 fully saturated rings. The quantitative estimate of drug-likeness (QED) is 0.528. The number of likely N-dealkylation sites (tertiary alicyclic amines) is 1. The highest BCUT2D eigenvalue weighted by molar-refractivity contribution is 5.15. The van der Waals surface area contributed by atoms with Crippen LogP contribution in [-0.2, 0) is 5.41 Å². The Morgan fingerprint density at radius 2 is 1.73 bits per heavy atom. The molecule has 3 rings (SSSR count). The van der Waals surface area contributed by atoms with E-state index in [2.05, 4.69) is 67.6 Å². The van der Waals surface area contributed by atoms with Crippen LogP contribution in [0.5, 0.6) is 0 Å². The number of nitrogens with zero attached hydrogens (tertiary/aromatic N) is 4. The minimum atomic E-state index is -4.07. The zero-order valence-corrected chi connectivity index (χ0v) is 21.5. The molecule has 1 aromatic rings. The molecule has 1 saturated carbocycles. The Labute approximate surface area is 198 Å². The van der Waals surface area contributed by atoms with Gasteiger partial charge in [0.25, 0.3) is 0 Å². The van der Waals surface area contributed by atoms with Crippen LogP contribution in [0.2, 0.25) is 0 Å². The van der Waals surface area contributed by atoms with Gasteiger partial charge in [-0.05, 0) is 70.3 Å². The lowest BCUT2D eigenvalue weighted by Gasteiger charge is -2.30. The first-order valence-electron chi connectivity index (χ1n) is 12.3. The van der Waals surface area contributed by atoms with Crippen LogP contribution < -0.4 is 0 Å². The van der Waals surface area contributed by atoms with Crippen LogP contribution in [0.25, 0.3) is 0 Å². The Morgan fingerprint density at radius 3 is 2.18 bits per heavy atom. The van der Waals surface area contributed by atoms with E-state index in [1.807, 2.05) is 20.0 Å². The second kappa shape index (κ2) is 11.8. The van der Waals surface area contributed by atoms with Crippen molar-refractivity contribution in [2.24, 2.45) is 11.8 Å². The van der Waals surface area contributed by atoms with Gasteiger partial charge in [0, 0.05) is 24.1 Å². The van der Waals surface area contributed by atoms with Gasteiger partial charge >= 0.3 is 6.18 Å². The predicted molar refractivity (Wildman–Crippen MR) is 129 cm³/mol. The third kappa shape index (κ3) is 9.70. The van der Waals surface area contributed by atoms with Gasteiger partial charge in [0.15, 0.2) is 0 Å². The fourth-order valence-corrected chi connectivity index (χ4v) is 4.34. The van der Waals surface area contributed by atoms with Crippen LogP contribution in [0.1, 0.15) is 78.3 Å². The third-order valence-corrected chi connectivity index (χ3v) is 6.52. The molecule has 2 heterocycles. The largest absolute Gasteiger partial charge is 0.401 e. The van der Waals surface area contributed by atoms with E-state index < -0.39 is 12.7 Å². The summed E-state index contributed by atoms with van der Waals surface area (Å²) in [6.07, 6.45) is 5.50. The van der Waals surface area contributed by atoms with Crippen LogP contribution >= 0.6 is 0 Å². The van der Waals surface area contributed by atoms with Crippen LogP contribution in [0, 0.1) is 23.7 Å². The molecule has 0 N–H and O–H groups in total. The van der Waals surface area contributed by atoms with E-state index in [-0.39, 0.29) is 11.3 Å². The summed E-state index contributed by atoms with van der Waals surface area (Å²) in [5, 5.41) is 4.56. The Kier molecular flexibility index (Phi) is 9.87. The maximum Gasteiger partial charge on any atom is 0.401 e. The Morgan fingerprint density at radius 1 is 1.09 bits per heavy atom. The molecule has 7 heteroatoms. The number of hydrogen-bond acceptors (Lipinski definition) is 3. The van der Waals surface area contributed by atoms with E-state index in [4.69, 9.17) is 0 Å². The van der Waals surface area contributed by atoms with E-state index in [0.29, 0.717) is 25.0 Å². The Hall–Kier alpha value is -1.52. The summed E-state index contributed by atoms with van der Waals surface area (Å²) in [4.78, 5) is 3.81. The number of aromatic nitrogens is 2. The van der Waals surface area contributed by atoms with Crippen molar-refractivity contribution in [3.05, 3.63) is 18.0 Å². The Balaban J connectivity index is 0.000000234. The summed E-state index contributed by atoms with van der Waals surface area (Å²) in [7, 11) is 4.35. The van der Waals surface area contributed by atoms with E-state index in [1.165, 1.54) is 29.7 Å². The van der Waals surface area contributed by atoms with Crippen molar-refractivity contribution < 1.29 is 13.2 Å². The molecule has 33 heavy (non-hydrogen) atoms. The maximum absolute atomic E-state index is 12.1. The molecule has 0 aromatic carbocycles. The molecule has 0 bridgehead atoms. The van der Waals surface area contributed by atoms with Gasteiger partial charge < -0.3 is 4.90 Å². The highest BCUT2D eigenvalue weighted by atomic mass is 19.4. The monoisotopic (exact) mass is 468 g/mol. The average Bonchev–Trinajstić information content (AvgIpc) is 3.36. The lowest BCUT2D eigenvalue weighted by Crippen LogP contribution is -2.39. The number of alkyl halides is 3. The minimum absolute atomic E-state index is 0.206. The molecule has 1 saturated heterocycles. The molecule has 0 amide bonds. The van der Waals surface area contributed by atoms with Gasteiger partial charge in [-0.2, -0.15) is 18.3 Å². The molecule has 1 aliphatic heterocycles. The maximum atomic E-state index is 12.1. The average molecular weight is 469 g/mol. The normalized spacial score (nSPS) is 22.8.